The number of rotatable bonds is 4. The van der Waals surface area contributed by atoms with Crippen LogP contribution in [0.5, 0.6) is 0 Å². The molecule has 5 heteroatoms. The van der Waals surface area contributed by atoms with Crippen molar-refractivity contribution in [2.75, 3.05) is 27.2 Å². The van der Waals surface area contributed by atoms with Gasteiger partial charge in [0.15, 0.2) is 0 Å². The minimum absolute atomic E-state index is 0.0388. The smallest absolute Gasteiger partial charge is 0.254 e. The second kappa shape index (κ2) is 7.23. The minimum atomic E-state index is 0.0388. The zero-order valence-electron chi connectivity index (χ0n) is 13.1. The Hall–Kier alpha value is -1.13. The van der Waals surface area contributed by atoms with Gasteiger partial charge in [0.2, 0.25) is 0 Å². The summed E-state index contributed by atoms with van der Waals surface area (Å²) in [7, 11) is 3.99. The summed E-state index contributed by atoms with van der Waals surface area (Å²) in [5.41, 5.74) is 1.54. The van der Waals surface area contributed by atoms with Crippen molar-refractivity contribution < 1.29 is 4.79 Å². The van der Waals surface area contributed by atoms with Crippen LogP contribution >= 0.6 is 11.6 Å². The standard InChI is InChI=1S/C16H24ClN3O/c1-4-6-13-9-12(10-15(17)18-13)16(21)20(3)14-7-5-8-19(2)11-14/h9-10,14H,4-8,11H2,1-3H3. The molecule has 1 fully saturated rings. The topological polar surface area (TPSA) is 36.4 Å². The fourth-order valence-corrected chi connectivity index (χ4v) is 3.11. The molecule has 1 amide bonds. The Morgan fingerprint density at radius 3 is 2.95 bits per heavy atom. The van der Waals surface area contributed by atoms with Gasteiger partial charge in [-0.2, -0.15) is 0 Å². The van der Waals surface area contributed by atoms with Crippen molar-refractivity contribution in [3.8, 4) is 0 Å². The Kier molecular flexibility index (Phi) is 5.59. The summed E-state index contributed by atoms with van der Waals surface area (Å²) in [5.74, 6) is 0.0388. The van der Waals surface area contributed by atoms with Gasteiger partial charge in [-0.05, 0) is 45.0 Å². The molecule has 4 nitrogen and oxygen atoms in total. The third-order valence-corrected chi connectivity index (χ3v) is 4.26. The lowest BCUT2D eigenvalue weighted by Crippen LogP contribution is -2.47. The molecule has 21 heavy (non-hydrogen) atoms. The largest absolute Gasteiger partial charge is 0.337 e. The number of halogens is 1. The van der Waals surface area contributed by atoms with Crippen molar-refractivity contribution in [3.05, 3.63) is 28.5 Å². The molecule has 1 unspecified atom stereocenters. The van der Waals surface area contributed by atoms with Crippen molar-refractivity contribution >= 4 is 17.5 Å². The van der Waals surface area contributed by atoms with Crippen LogP contribution in [0.1, 0.15) is 42.2 Å². The quantitative estimate of drug-likeness (QED) is 0.803. The lowest BCUT2D eigenvalue weighted by atomic mass is 10.0. The molecule has 0 aliphatic carbocycles. The third kappa shape index (κ3) is 4.17. The van der Waals surface area contributed by atoms with Gasteiger partial charge in [-0.25, -0.2) is 4.98 Å². The number of likely N-dealkylation sites (tertiary alicyclic amines) is 1. The van der Waals surface area contributed by atoms with Crippen molar-refractivity contribution in [1.82, 2.24) is 14.8 Å². The number of aromatic nitrogens is 1. The van der Waals surface area contributed by atoms with Gasteiger partial charge < -0.3 is 9.80 Å². The second-order valence-electron chi connectivity index (χ2n) is 5.89. The number of hydrogen-bond donors (Lipinski definition) is 0. The summed E-state index contributed by atoms with van der Waals surface area (Å²) in [4.78, 5) is 21.1. The molecular formula is C16H24ClN3O. The van der Waals surface area contributed by atoms with Crippen LogP contribution in [0.4, 0.5) is 0 Å². The van der Waals surface area contributed by atoms with Crippen LogP contribution in [-0.2, 0) is 6.42 Å². The van der Waals surface area contributed by atoms with Gasteiger partial charge in [-0.15, -0.1) is 0 Å². The number of amides is 1. The number of likely N-dealkylation sites (N-methyl/N-ethyl adjacent to an activating group) is 2. The second-order valence-corrected chi connectivity index (χ2v) is 6.28. The summed E-state index contributed by atoms with van der Waals surface area (Å²) < 4.78 is 0. The van der Waals surface area contributed by atoms with E-state index in [2.05, 4.69) is 23.9 Å². The van der Waals surface area contributed by atoms with E-state index in [9.17, 15) is 4.79 Å². The third-order valence-electron chi connectivity index (χ3n) is 4.07. The van der Waals surface area contributed by atoms with Crippen LogP contribution in [0, 0.1) is 0 Å². The highest BCUT2D eigenvalue weighted by Crippen LogP contribution is 2.18. The Balaban J connectivity index is 2.14. The first kappa shape index (κ1) is 16.2. The highest BCUT2D eigenvalue weighted by atomic mass is 35.5. The molecule has 1 atom stereocenters. The van der Waals surface area contributed by atoms with Gasteiger partial charge in [0.05, 0.1) is 0 Å². The predicted octanol–water partition coefficient (Wildman–Crippen LogP) is 2.85. The van der Waals surface area contributed by atoms with Crippen molar-refractivity contribution in [3.63, 3.8) is 0 Å². The summed E-state index contributed by atoms with van der Waals surface area (Å²) in [5, 5.41) is 0.401. The van der Waals surface area contributed by atoms with E-state index in [0.29, 0.717) is 10.7 Å². The normalized spacial score (nSPS) is 19.5. The fourth-order valence-electron chi connectivity index (χ4n) is 2.88. The predicted molar refractivity (Wildman–Crippen MR) is 85.9 cm³/mol. The van der Waals surface area contributed by atoms with Gasteiger partial charge in [-0.3, -0.25) is 4.79 Å². The van der Waals surface area contributed by atoms with Crippen LogP contribution < -0.4 is 0 Å². The van der Waals surface area contributed by atoms with E-state index in [1.54, 1.807) is 6.07 Å². The summed E-state index contributed by atoms with van der Waals surface area (Å²) >= 11 is 6.05. The Morgan fingerprint density at radius 2 is 2.29 bits per heavy atom. The zero-order valence-corrected chi connectivity index (χ0v) is 13.9. The van der Waals surface area contributed by atoms with Gasteiger partial charge in [0.25, 0.3) is 5.91 Å². The molecule has 0 bridgehead atoms. The number of piperidine rings is 1. The average Bonchev–Trinajstić information content (AvgIpc) is 2.45. The molecule has 0 N–H and O–H groups in total. The molecule has 1 aliphatic heterocycles. The monoisotopic (exact) mass is 309 g/mol. The fraction of sp³-hybridized carbons (Fsp3) is 0.625. The minimum Gasteiger partial charge on any atom is -0.337 e. The first-order chi connectivity index (χ1) is 10.0. The van der Waals surface area contributed by atoms with Crippen LogP contribution in [0.15, 0.2) is 12.1 Å². The Labute approximate surface area is 132 Å². The first-order valence-corrected chi connectivity index (χ1v) is 8.01. The van der Waals surface area contributed by atoms with Crippen molar-refractivity contribution in [1.29, 1.82) is 0 Å². The molecule has 2 rings (SSSR count). The maximum Gasteiger partial charge on any atom is 0.254 e. The van der Waals surface area contributed by atoms with Gasteiger partial charge in [0.1, 0.15) is 5.15 Å². The number of pyridine rings is 1. The SMILES string of the molecule is CCCc1cc(C(=O)N(C)C2CCCN(C)C2)cc(Cl)n1. The van der Waals surface area contributed by atoms with E-state index in [0.717, 1.165) is 44.5 Å². The van der Waals surface area contributed by atoms with Gasteiger partial charge >= 0.3 is 0 Å². The Morgan fingerprint density at radius 1 is 1.52 bits per heavy atom. The molecule has 1 aromatic rings. The van der Waals surface area contributed by atoms with E-state index in [-0.39, 0.29) is 11.9 Å². The van der Waals surface area contributed by atoms with Crippen LogP contribution in [0.2, 0.25) is 5.15 Å². The van der Waals surface area contributed by atoms with Crippen molar-refractivity contribution in [2.45, 2.75) is 38.6 Å². The lowest BCUT2D eigenvalue weighted by molar-refractivity contribution is 0.0644. The van der Waals surface area contributed by atoms with E-state index < -0.39 is 0 Å². The van der Waals surface area contributed by atoms with Crippen molar-refractivity contribution in [2.24, 2.45) is 0 Å². The number of aryl methyl sites for hydroxylation is 1. The number of hydrogen-bond acceptors (Lipinski definition) is 3. The molecule has 1 aliphatic rings. The summed E-state index contributed by atoms with van der Waals surface area (Å²) in [6, 6.07) is 3.82. The number of nitrogens with zero attached hydrogens (tertiary/aromatic N) is 3. The first-order valence-electron chi connectivity index (χ1n) is 7.63. The maximum absolute atomic E-state index is 12.7. The van der Waals surface area contributed by atoms with E-state index in [1.807, 2.05) is 18.0 Å². The molecule has 0 saturated carbocycles. The number of carbonyl (C=O) groups is 1. The van der Waals surface area contributed by atoms with E-state index in [1.165, 1.54) is 0 Å². The molecular weight excluding hydrogens is 286 g/mol. The van der Waals surface area contributed by atoms with Gasteiger partial charge in [-0.1, -0.05) is 24.9 Å². The number of carbonyl (C=O) groups excluding carboxylic acids is 1. The molecule has 0 spiro atoms. The highest BCUT2D eigenvalue weighted by Gasteiger charge is 2.25. The Bertz CT molecular complexity index is 506. The summed E-state index contributed by atoms with van der Waals surface area (Å²) in [6.07, 6.45) is 4.03. The van der Waals surface area contributed by atoms with Crippen LogP contribution in [0.3, 0.4) is 0 Å². The molecule has 1 saturated heterocycles. The highest BCUT2D eigenvalue weighted by molar-refractivity contribution is 6.29. The molecule has 1 aromatic heterocycles. The van der Waals surface area contributed by atoms with E-state index in [4.69, 9.17) is 11.6 Å². The average molecular weight is 310 g/mol. The zero-order chi connectivity index (χ0) is 15.4. The van der Waals surface area contributed by atoms with E-state index >= 15 is 0 Å². The summed E-state index contributed by atoms with van der Waals surface area (Å²) in [6.45, 7) is 4.14. The molecule has 2 heterocycles. The molecule has 0 radical (unpaired) electrons. The molecule has 0 aromatic carbocycles. The molecule has 116 valence electrons. The van der Waals surface area contributed by atoms with Gasteiger partial charge in [0, 0.05) is 30.9 Å². The van der Waals surface area contributed by atoms with Crippen LogP contribution in [-0.4, -0.2) is 53.9 Å². The van der Waals surface area contributed by atoms with Crippen LogP contribution in [0.25, 0.3) is 0 Å². The maximum atomic E-state index is 12.7. The lowest BCUT2D eigenvalue weighted by Gasteiger charge is -2.35.